The van der Waals surface area contributed by atoms with Crippen LogP contribution in [-0.2, 0) is 7.05 Å². The van der Waals surface area contributed by atoms with Crippen LogP contribution in [0.4, 0.5) is 0 Å². The van der Waals surface area contributed by atoms with Gasteiger partial charge in [-0.2, -0.15) is 5.10 Å². The molecule has 4 aromatic heterocycles. The van der Waals surface area contributed by atoms with E-state index in [-0.39, 0.29) is 0 Å². The smallest absolute Gasteiger partial charge is 0.116 e. The Morgan fingerprint density at radius 3 is 2.69 bits per heavy atom. The molecule has 0 atom stereocenters. The van der Waals surface area contributed by atoms with Gasteiger partial charge in [0, 0.05) is 41.0 Å². The number of hydrogen-bond donors (Lipinski definition) is 2. The molecule has 158 valence electrons. The van der Waals surface area contributed by atoms with Gasteiger partial charge in [0.1, 0.15) is 11.5 Å². The molecule has 0 saturated heterocycles. The molecule has 0 unspecified atom stereocenters. The minimum atomic E-state index is 0.883. The number of allylic oxidation sites excluding steroid dienone is 2. The third kappa shape index (κ3) is 3.26. The standard InChI is InChI=1S/C26H24N6/c1-5-8-19(22-9-6-7-12-27-22)20-14-24(29-16(20)2)26-21-13-18(10-11-23(21)30-31-26)25-15-28-17(3)32(25)4/h5-15,29H,1H2,2-4H3,(H,30,31)/b19-8+. The molecule has 0 aliphatic carbocycles. The van der Waals surface area contributed by atoms with E-state index >= 15 is 0 Å². The van der Waals surface area contributed by atoms with Gasteiger partial charge in [0.25, 0.3) is 0 Å². The second-order valence-corrected chi connectivity index (χ2v) is 7.83. The van der Waals surface area contributed by atoms with Crippen LogP contribution in [0.15, 0.2) is 73.6 Å². The van der Waals surface area contributed by atoms with E-state index in [4.69, 9.17) is 0 Å². The van der Waals surface area contributed by atoms with E-state index in [1.807, 2.05) is 44.4 Å². The molecule has 5 aromatic rings. The Bertz CT molecular complexity index is 1460. The zero-order chi connectivity index (χ0) is 22.2. The van der Waals surface area contributed by atoms with Crippen molar-refractivity contribution in [3.8, 4) is 22.6 Å². The van der Waals surface area contributed by atoms with E-state index in [2.05, 4.69) is 67.5 Å². The lowest BCUT2D eigenvalue weighted by atomic mass is 10.0. The van der Waals surface area contributed by atoms with Crippen molar-refractivity contribution in [3.63, 3.8) is 0 Å². The lowest BCUT2D eigenvalue weighted by molar-refractivity contribution is 0.865. The molecular weight excluding hydrogens is 396 g/mol. The summed E-state index contributed by atoms with van der Waals surface area (Å²) in [7, 11) is 2.03. The fraction of sp³-hybridized carbons (Fsp3) is 0.115. The molecule has 6 nitrogen and oxygen atoms in total. The molecule has 6 heteroatoms. The molecule has 2 N–H and O–H groups in total. The summed E-state index contributed by atoms with van der Waals surface area (Å²) < 4.78 is 2.09. The van der Waals surface area contributed by atoms with Crippen LogP contribution in [0, 0.1) is 13.8 Å². The number of aromatic amines is 2. The number of imidazole rings is 1. The Morgan fingerprint density at radius 2 is 1.97 bits per heavy atom. The third-order valence-electron chi connectivity index (χ3n) is 5.86. The molecule has 5 rings (SSSR count). The van der Waals surface area contributed by atoms with Crippen LogP contribution in [0.5, 0.6) is 0 Å². The first kappa shape index (κ1) is 19.8. The van der Waals surface area contributed by atoms with Crippen molar-refractivity contribution in [1.82, 2.24) is 29.7 Å². The highest BCUT2D eigenvalue weighted by molar-refractivity contribution is 5.95. The molecule has 0 fully saturated rings. The number of aromatic nitrogens is 6. The topological polar surface area (TPSA) is 75.2 Å². The van der Waals surface area contributed by atoms with Gasteiger partial charge in [0.15, 0.2) is 0 Å². The van der Waals surface area contributed by atoms with Crippen molar-refractivity contribution < 1.29 is 0 Å². The highest BCUT2D eigenvalue weighted by Crippen LogP contribution is 2.34. The summed E-state index contributed by atoms with van der Waals surface area (Å²) >= 11 is 0. The Morgan fingerprint density at radius 1 is 1.09 bits per heavy atom. The first-order valence-corrected chi connectivity index (χ1v) is 10.5. The van der Waals surface area contributed by atoms with E-state index in [1.54, 1.807) is 12.3 Å². The van der Waals surface area contributed by atoms with Crippen LogP contribution < -0.4 is 0 Å². The number of rotatable bonds is 5. The maximum Gasteiger partial charge on any atom is 0.116 e. The van der Waals surface area contributed by atoms with Gasteiger partial charge in [-0.15, -0.1) is 0 Å². The van der Waals surface area contributed by atoms with Crippen molar-refractivity contribution in [2.24, 2.45) is 7.05 Å². The second-order valence-electron chi connectivity index (χ2n) is 7.83. The lowest BCUT2D eigenvalue weighted by Crippen LogP contribution is -1.94. The maximum absolute atomic E-state index is 4.63. The number of hydrogen-bond acceptors (Lipinski definition) is 3. The normalized spacial score (nSPS) is 11.9. The first-order valence-electron chi connectivity index (χ1n) is 10.5. The molecule has 0 amide bonds. The number of H-pyrrole nitrogens is 2. The summed E-state index contributed by atoms with van der Waals surface area (Å²) in [6.07, 6.45) is 7.50. The SMILES string of the molecule is C=C/C=C(/c1ccccn1)c1cc(-c2n[nH]c3ccc(-c4cnc(C)n4C)cc23)[nH]c1C. The average Bonchev–Trinajstić information content (AvgIpc) is 3.49. The quantitative estimate of drug-likeness (QED) is 0.364. The lowest BCUT2D eigenvalue weighted by Gasteiger charge is -2.05. The molecule has 0 saturated carbocycles. The van der Waals surface area contributed by atoms with Gasteiger partial charge in [-0.3, -0.25) is 10.1 Å². The van der Waals surface area contributed by atoms with E-state index < -0.39 is 0 Å². The molecule has 0 bridgehead atoms. The van der Waals surface area contributed by atoms with Gasteiger partial charge >= 0.3 is 0 Å². The second kappa shape index (κ2) is 7.81. The Labute approximate surface area is 186 Å². The summed E-state index contributed by atoms with van der Waals surface area (Å²) in [6.45, 7) is 7.96. The summed E-state index contributed by atoms with van der Waals surface area (Å²) in [6, 6.07) is 14.4. The Hall–Kier alpha value is -4.19. The molecule has 0 aliphatic rings. The van der Waals surface area contributed by atoms with Crippen molar-refractivity contribution in [2.75, 3.05) is 0 Å². The molecule has 0 radical (unpaired) electrons. The maximum atomic E-state index is 4.63. The van der Waals surface area contributed by atoms with E-state index in [0.717, 1.165) is 61.9 Å². The summed E-state index contributed by atoms with van der Waals surface area (Å²) in [5.41, 5.74) is 9.05. The highest BCUT2D eigenvalue weighted by atomic mass is 15.1. The van der Waals surface area contributed by atoms with Crippen molar-refractivity contribution in [1.29, 1.82) is 0 Å². The molecule has 32 heavy (non-hydrogen) atoms. The number of benzene rings is 1. The zero-order valence-electron chi connectivity index (χ0n) is 18.3. The summed E-state index contributed by atoms with van der Waals surface area (Å²) in [4.78, 5) is 12.5. The van der Waals surface area contributed by atoms with Crippen LogP contribution in [0.25, 0.3) is 39.1 Å². The predicted octanol–water partition coefficient (Wildman–Crippen LogP) is 5.59. The van der Waals surface area contributed by atoms with Crippen molar-refractivity contribution in [2.45, 2.75) is 13.8 Å². The summed E-state index contributed by atoms with van der Waals surface area (Å²) in [5.74, 6) is 0.980. The molecule has 4 heterocycles. The third-order valence-corrected chi connectivity index (χ3v) is 5.86. The van der Waals surface area contributed by atoms with Crippen molar-refractivity contribution in [3.05, 3.63) is 96.4 Å². The van der Waals surface area contributed by atoms with Gasteiger partial charge in [-0.05, 0) is 44.2 Å². The highest BCUT2D eigenvalue weighted by Gasteiger charge is 2.17. The molecule has 0 aliphatic heterocycles. The van der Waals surface area contributed by atoms with Crippen LogP contribution in [0.3, 0.4) is 0 Å². The Balaban J connectivity index is 1.62. The number of aryl methyl sites for hydroxylation is 2. The molecule has 1 aromatic carbocycles. The van der Waals surface area contributed by atoms with Gasteiger partial charge in [-0.1, -0.05) is 30.9 Å². The van der Waals surface area contributed by atoms with Crippen LogP contribution >= 0.6 is 0 Å². The molecular formula is C26H24N6. The van der Waals surface area contributed by atoms with Crippen LogP contribution in [0.2, 0.25) is 0 Å². The minimum Gasteiger partial charge on any atom is -0.357 e. The minimum absolute atomic E-state index is 0.883. The average molecular weight is 421 g/mol. The first-order chi connectivity index (χ1) is 15.6. The fourth-order valence-electron chi connectivity index (χ4n) is 4.07. The number of fused-ring (bicyclic) bond motifs is 1. The van der Waals surface area contributed by atoms with E-state index in [0.29, 0.717) is 0 Å². The van der Waals surface area contributed by atoms with Gasteiger partial charge in [0.2, 0.25) is 0 Å². The van der Waals surface area contributed by atoms with E-state index in [1.165, 1.54) is 0 Å². The Kier molecular flexibility index (Phi) is 4.82. The van der Waals surface area contributed by atoms with E-state index in [9.17, 15) is 0 Å². The zero-order valence-corrected chi connectivity index (χ0v) is 18.3. The monoisotopic (exact) mass is 420 g/mol. The predicted molar refractivity (Wildman–Crippen MR) is 129 cm³/mol. The van der Waals surface area contributed by atoms with Gasteiger partial charge in [-0.25, -0.2) is 4.98 Å². The number of nitrogens with one attached hydrogen (secondary N) is 2. The number of pyridine rings is 1. The summed E-state index contributed by atoms with van der Waals surface area (Å²) in [5, 5.41) is 8.85. The van der Waals surface area contributed by atoms with Gasteiger partial charge < -0.3 is 9.55 Å². The van der Waals surface area contributed by atoms with Crippen LogP contribution in [-0.4, -0.2) is 29.7 Å². The molecule has 0 spiro atoms. The van der Waals surface area contributed by atoms with Gasteiger partial charge in [0.05, 0.1) is 28.8 Å². The van der Waals surface area contributed by atoms with Crippen molar-refractivity contribution >= 4 is 16.5 Å². The number of nitrogens with zero attached hydrogens (tertiary/aromatic N) is 4. The largest absolute Gasteiger partial charge is 0.357 e. The van der Waals surface area contributed by atoms with Crippen LogP contribution in [0.1, 0.15) is 22.8 Å². The fourth-order valence-corrected chi connectivity index (χ4v) is 4.07.